The zero-order valence-electron chi connectivity index (χ0n) is 23.2. The average Bonchev–Trinajstić information content (AvgIpc) is 3.49. The Bertz CT molecular complexity index is 1500. The van der Waals surface area contributed by atoms with Crippen molar-refractivity contribution in [3.63, 3.8) is 0 Å². The van der Waals surface area contributed by atoms with Crippen LogP contribution in [0.5, 0.6) is 0 Å². The van der Waals surface area contributed by atoms with Crippen LogP contribution in [-0.4, -0.2) is 23.0 Å². The van der Waals surface area contributed by atoms with E-state index in [4.69, 9.17) is 0 Å². The maximum Gasteiger partial charge on any atom is 0.272 e. The van der Waals surface area contributed by atoms with Gasteiger partial charge in [-0.05, 0) is 77.9 Å². The molecule has 0 bridgehead atoms. The van der Waals surface area contributed by atoms with Gasteiger partial charge in [0, 0.05) is 26.7 Å². The van der Waals surface area contributed by atoms with Gasteiger partial charge in [0.25, 0.3) is 11.8 Å². The van der Waals surface area contributed by atoms with Gasteiger partial charge in [-0.15, -0.1) is 23.1 Å². The number of carbonyl (C=O) groups excluding carboxylic acids is 3. The number of anilines is 2. The molecule has 0 aliphatic carbocycles. The summed E-state index contributed by atoms with van der Waals surface area (Å²) in [5, 5.41) is 10.3. The fourth-order valence-electron chi connectivity index (χ4n) is 3.96. The molecule has 1 aromatic heterocycles. The molecule has 0 aliphatic rings. The summed E-state index contributed by atoms with van der Waals surface area (Å²) >= 11 is 2.91. The predicted octanol–water partition coefficient (Wildman–Crippen LogP) is 7.79. The van der Waals surface area contributed by atoms with Gasteiger partial charge < -0.3 is 16.0 Å². The standard InChI is InChI=1S/C33H33N3O3S2/c1-4-30(33(39)34-25-17-15-23(16-18-25)22(2)3)41-28-13-8-12-26(20-28)35-32(38)29(21-27-14-9-19-40-27)36-31(37)24-10-6-5-7-11-24/h5-22,30H,4H2,1-3H3,(H,34,39)(H,35,38)(H,36,37)/b29-21-. The van der Waals surface area contributed by atoms with Crippen LogP contribution in [-0.2, 0) is 9.59 Å². The van der Waals surface area contributed by atoms with Crippen molar-refractivity contribution in [3.8, 4) is 0 Å². The third-order valence-electron chi connectivity index (χ3n) is 6.24. The van der Waals surface area contributed by atoms with Gasteiger partial charge >= 0.3 is 0 Å². The van der Waals surface area contributed by atoms with E-state index in [9.17, 15) is 14.4 Å². The minimum absolute atomic E-state index is 0.0750. The molecular weight excluding hydrogens is 551 g/mol. The van der Waals surface area contributed by atoms with Crippen LogP contribution in [0.2, 0.25) is 0 Å². The van der Waals surface area contributed by atoms with Crippen LogP contribution in [0.3, 0.4) is 0 Å². The van der Waals surface area contributed by atoms with Crippen molar-refractivity contribution < 1.29 is 14.4 Å². The number of thiophene rings is 1. The Balaban J connectivity index is 1.44. The van der Waals surface area contributed by atoms with E-state index >= 15 is 0 Å². The second-order valence-electron chi connectivity index (χ2n) is 9.66. The maximum absolute atomic E-state index is 13.3. The van der Waals surface area contributed by atoms with E-state index in [-0.39, 0.29) is 22.8 Å². The SMILES string of the molecule is CCC(Sc1cccc(NC(=O)/C(=C/c2cccs2)NC(=O)c2ccccc2)c1)C(=O)Nc1ccc(C(C)C)cc1. The molecule has 4 rings (SSSR count). The molecule has 0 radical (unpaired) electrons. The largest absolute Gasteiger partial charge is 0.325 e. The predicted molar refractivity (Wildman–Crippen MR) is 170 cm³/mol. The lowest BCUT2D eigenvalue weighted by molar-refractivity contribution is -0.116. The van der Waals surface area contributed by atoms with Gasteiger partial charge in [0.05, 0.1) is 5.25 Å². The molecule has 6 nitrogen and oxygen atoms in total. The number of hydrogen-bond donors (Lipinski definition) is 3. The summed E-state index contributed by atoms with van der Waals surface area (Å²) in [6, 6.07) is 27.8. The Hall–Kier alpha value is -4.14. The van der Waals surface area contributed by atoms with Crippen LogP contribution >= 0.6 is 23.1 Å². The maximum atomic E-state index is 13.3. The van der Waals surface area contributed by atoms with Crippen molar-refractivity contribution in [1.29, 1.82) is 0 Å². The monoisotopic (exact) mass is 583 g/mol. The normalized spacial score (nSPS) is 12.0. The molecule has 1 atom stereocenters. The number of thioether (sulfide) groups is 1. The summed E-state index contributed by atoms with van der Waals surface area (Å²) in [6.45, 7) is 6.24. The van der Waals surface area contributed by atoms with Crippen molar-refractivity contribution in [1.82, 2.24) is 5.32 Å². The molecule has 41 heavy (non-hydrogen) atoms. The number of benzene rings is 3. The van der Waals surface area contributed by atoms with E-state index < -0.39 is 5.91 Å². The smallest absolute Gasteiger partial charge is 0.272 e. The first-order valence-corrected chi connectivity index (χ1v) is 15.2. The minimum Gasteiger partial charge on any atom is -0.325 e. The summed E-state index contributed by atoms with van der Waals surface area (Å²) in [7, 11) is 0. The summed E-state index contributed by atoms with van der Waals surface area (Å²) in [5.41, 5.74) is 3.13. The third-order valence-corrected chi connectivity index (χ3v) is 8.41. The van der Waals surface area contributed by atoms with E-state index in [2.05, 4.69) is 29.8 Å². The van der Waals surface area contributed by atoms with Gasteiger partial charge in [0.2, 0.25) is 5.91 Å². The molecule has 1 heterocycles. The zero-order valence-corrected chi connectivity index (χ0v) is 24.9. The molecule has 8 heteroatoms. The lowest BCUT2D eigenvalue weighted by Gasteiger charge is -2.16. The molecule has 3 aromatic carbocycles. The fourth-order valence-corrected chi connectivity index (χ4v) is 5.63. The first-order valence-electron chi connectivity index (χ1n) is 13.4. The van der Waals surface area contributed by atoms with Crippen LogP contribution in [0, 0.1) is 0 Å². The van der Waals surface area contributed by atoms with Crippen molar-refractivity contribution in [2.24, 2.45) is 0 Å². The second-order valence-corrected chi connectivity index (χ2v) is 11.9. The first-order chi connectivity index (χ1) is 19.8. The van der Waals surface area contributed by atoms with Crippen LogP contribution in [0.25, 0.3) is 6.08 Å². The molecule has 0 aliphatic heterocycles. The van der Waals surface area contributed by atoms with Crippen molar-refractivity contribution in [2.75, 3.05) is 10.6 Å². The number of hydrogen-bond acceptors (Lipinski definition) is 5. The van der Waals surface area contributed by atoms with Crippen LogP contribution < -0.4 is 16.0 Å². The highest BCUT2D eigenvalue weighted by molar-refractivity contribution is 8.00. The highest BCUT2D eigenvalue weighted by Gasteiger charge is 2.19. The summed E-state index contributed by atoms with van der Waals surface area (Å²) in [6.07, 6.45) is 2.29. The van der Waals surface area contributed by atoms with Gasteiger partial charge in [0.15, 0.2) is 0 Å². The first kappa shape index (κ1) is 29.8. The number of carbonyl (C=O) groups is 3. The fraction of sp³-hybridized carbons (Fsp3) is 0.182. The van der Waals surface area contributed by atoms with Crippen LogP contribution in [0.1, 0.15) is 53.9 Å². The molecule has 4 aromatic rings. The van der Waals surface area contributed by atoms with Crippen LogP contribution in [0.15, 0.2) is 107 Å². The lowest BCUT2D eigenvalue weighted by atomic mass is 10.0. The van der Waals surface area contributed by atoms with Gasteiger partial charge in [-0.3, -0.25) is 14.4 Å². The van der Waals surface area contributed by atoms with E-state index in [0.29, 0.717) is 23.6 Å². The third kappa shape index (κ3) is 8.67. The van der Waals surface area contributed by atoms with Crippen molar-refractivity contribution in [2.45, 2.75) is 43.3 Å². The summed E-state index contributed by atoms with van der Waals surface area (Å²) in [5.74, 6) is -0.467. The molecule has 3 N–H and O–H groups in total. The molecule has 0 saturated heterocycles. The topological polar surface area (TPSA) is 87.3 Å². The Labute approximate surface area is 249 Å². The van der Waals surface area contributed by atoms with Gasteiger partial charge in [-0.2, -0.15) is 0 Å². The highest BCUT2D eigenvalue weighted by Crippen LogP contribution is 2.29. The van der Waals surface area contributed by atoms with Gasteiger partial charge in [-0.25, -0.2) is 0 Å². The quantitative estimate of drug-likeness (QED) is 0.124. The Morgan fingerprint density at radius 2 is 1.61 bits per heavy atom. The van der Waals surface area contributed by atoms with Crippen LogP contribution in [0.4, 0.5) is 11.4 Å². The molecule has 0 saturated carbocycles. The highest BCUT2D eigenvalue weighted by atomic mass is 32.2. The Morgan fingerprint density at radius 3 is 2.27 bits per heavy atom. The van der Waals surface area contributed by atoms with Crippen molar-refractivity contribution >= 4 is 58.3 Å². The van der Waals surface area contributed by atoms with Gasteiger partial charge in [-0.1, -0.05) is 63.2 Å². The minimum atomic E-state index is -0.445. The van der Waals surface area contributed by atoms with Gasteiger partial charge in [0.1, 0.15) is 5.70 Å². The Kier molecular flexibility index (Phi) is 10.5. The molecule has 210 valence electrons. The average molecular weight is 584 g/mol. The Morgan fingerprint density at radius 1 is 0.854 bits per heavy atom. The molecular formula is C33H33N3O3S2. The molecule has 0 fully saturated rings. The van der Waals surface area contributed by atoms with Crippen molar-refractivity contribution in [3.05, 3.63) is 118 Å². The number of rotatable bonds is 11. The zero-order chi connectivity index (χ0) is 29.2. The second kappa shape index (κ2) is 14.5. The molecule has 1 unspecified atom stereocenters. The number of amides is 3. The van der Waals surface area contributed by atoms with E-state index in [0.717, 1.165) is 15.5 Å². The summed E-state index contributed by atoms with van der Waals surface area (Å²) in [4.78, 5) is 40.9. The number of nitrogens with one attached hydrogen (secondary N) is 3. The van der Waals surface area contributed by atoms with E-state index in [1.807, 2.05) is 73.0 Å². The molecule has 0 spiro atoms. The summed E-state index contributed by atoms with van der Waals surface area (Å²) < 4.78 is 0. The van der Waals surface area contributed by atoms with E-state index in [1.54, 1.807) is 36.4 Å². The lowest BCUT2D eigenvalue weighted by Crippen LogP contribution is -2.30. The molecule has 3 amide bonds. The van der Waals surface area contributed by atoms with E-state index in [1.165, 1.54) is 28.7 Å².